The normalized spacial score (nSPS) is 11.8. The number of ether oxygens (including phenoxy) is 2. The highest BCUT2D eigenvalue weighted by molar-refractivity contribution is 6.32. The SMILES string of the molecule is COc1ccc(NC(=O)[C@@H](C)OC(=O)c2ccc3nc(C)c(C)nc3c2)cc1Cl. The molecule has 1 N–H and O–H groups in total. The lowest BCUT2D eigenvalue weighted by Gasteiger charge is -2.14. The molecule has 0 aliphatic carbocycles. The second-order valence-electron chi connectivity index (χ2n) is 6.48. The summed E-state index contributed by atoms with van der Waals surface area (Å²) in [5.41, 5.74) is 3.66. The van der Waals surface area contributed by atoms with Crippen LogP contribution < -0.4 is 10.1 Å². The van der Waals surface area contributed by atoms with Gasteiger partial charge in [0.05, 0.1) is 40.1 Å². The van der Waals surface area contributed by atoms with Crippen molar-refractivity contribution in [1.29, 1.82) is 0 Å². The van der Waals surface area contributed by atoms with Crippen molar-refractivity contribution in [1.82, 2.24) is 9.97 Å². The molecule has 3 rings (SSSR count). The van der Waals surface area contributed by atoms with Crippen molar-refractivity contribution in [3.05, 3.63) is 58.4 Å². The molecule has 8 heteroatoms. The number of nitrogens with one attached hydrogen (secondary N) is 1. The minimum absolute atomic E-state index is 0.294. The maximum atomic E-state index is 12.5. The van der Waals surface area contributed by atoms with Gasteiger partial charge < -0.3 is 14.8 Å². The molecule has 29 heavy (non-hydrogen) atoms. The highest BCUT2D eigenvalue weighted by Crippen LogP contribution is 2.27. The second-order valence-corrected chi connectivity index (χ2v) is 6.89. The fraction of sp³-hybridized carbons (Fsp3) is 0.238. The monoisotopic (exact) mass is 413 g/mol. The van der Waals surface area contributed by atoms with Crippen LogP contribution in [0.15, 0.2) is 36.4 Å². The van der Waals surface area contributed by atoms with Crippen LogP contribution >= 0.6 is 11.6 Å². The number of aromatic nitrogens is 2. The molecule has 0 unspecified atom stereocenters. The summed E-state index contributed by atoms with van der Waals surface area (Å²) in [5, 5.41) is 3.01. The minimum atomic E-state index is -1.01. The standard InChI is InChI=1S/C21H20ClN3O4/c1-11-12(2)24-18-9-14(5-7-17(18)23-11)21(27)29-13(3)20(26)25-15-6-8-19(28-4)16(22)10-15/h5-10,13H,1-4H3,(H,25,26)/t13-/m1/s1. The Bertz CT molecular complexity index is 1100. The van der Waals surface area contributed by atoms with Crippen LogP contribution in [-0.4, -0.2) is 35.1 Å². The van der Waals surface area contributed by atoms with Crippen LogP contribution in [0.5, 0.6) is 5.75 Å². The summed E-state index contributed by atoms with van der Waals surface area (Å²) < 4.78 is 10.4. The molecule has 1 amide bonds. The van der Waals surface area contributed by atoms with E-state index in [9.17, 15) is 9.59 Å². The van der Waals surface area contributed by atoms with Crippen LogP contribution in [0, 0.1) is 13.8 Å². The third-order valence-corrected chi connectivity index (χ3v) is 4.68. The first kappa shape index (κ1) is 20.5. The van der Waals surface area contributed by atoms with Crippen LogP contribution in [-0.2, 0) is 9.53 Å². The summed E-state index contributed by atoms with van der Waals surface area (Å²) in [6, 6.07) is 9.74. The van der Waals surface area contributed by atoms with Gasteiger partial charge in [0.15, 0.2) is 6.10 Å². The minimum Gasteiger partial charge on any atom is -0.495 e. The fourth-order valence-electron chi connectivity index (χ4n) is 2.63. The van der Waals surface area contributed by atoms with Gasteiger partial charge in [-0.3, -0.25) is 4.79 Å². The summed E-state index contributed by atoms with van der Waals surface area (Å²) in [6.07, 6.45) is -1.01. The first-order valence-electron chi connectivity index (χ1n) is 8.89. The topological polar surface area (TPSA) is 90.4 Å². The zero-order valence-electron chi connectivity index (χ0n) is 16.4. The van der Waals surface area contributed by atoms with Gasteiger partial charge in [-0.15, -0.1) is 0 Å². The first-order valence-corrected chi connectivity index (χ1v) is 9.26. The number of halogens is 1. The number of hydrogen-bond acceptors (Lipinski definition) is 6. The fourth-order valence-corrected chi connectivity index (χ4v) is 2.89. The van der Waals surface area contributed by atoms with Gasteiger partial charge in [-0.25, -0.2) is 14.8 Å². The number of nitrogens with zero attached hydrogens (tertiary/aromatic N) is 2. The molecule has 0 aliphatic heterocycles. The van der Waals surface area contributed by atoms with E-state index in [2.05, 4.69) is 15.3 Å². The number of carbonyl (C=O) groups is 2. The second kappa shape index (κ2) is 8.45. The van der Waals surface area contributed by atoms with E-state index in [0.29, 0.717) is 33.1 Å². The van der Waals surface area contributed by atoms with Crippen LogP contribution in [0.3, 0.4) is 0 Å². The van der Waals surface area contributed by atoms with E-state index in [1.807, 2.05) is 13.8 Å². The Labute approximate surface area is 173 Å². The van der Waals surface area contributed by atoms with Crippen LogP contribution in [0.1, 0.15) is 28.7 Å². The average molecular weight is 414 g/mol. The highest BCUT2D eigenvalue weighted by Gasteiger charge is 2.20. The lowest BCUT2D eigenvalue weighted by molar-refractivity contribution is -0.123. The molecule has 1 aromatic heterocycles. The number of benzene rings is 2. The Morgan fingerprint density at radius 2 is 1.72 bits per heavy atom. The number of hydrogen-bond donors (Lipinski definition) is 1. The summed E-state index contributed by atoms with van der Waals surface area (Å²) in [4.78, 5) is 33.7. The number of fused-ring (bicyclic) bond motifs is 1. The molecule has 0 spiro atoms. The molecule has 1 atom stereocenters. The number of amides is 1. The van der Waals surface area contributed by atoms with Crippen molar-refractivity contribution in [3.63, 3.8) is 0 Å². The van der Waals surface area contributed by atoms with Crippen LogP contribution in [0.2, 0.25) is 5.02 Å². The number of anilines is 1. The van der Waals surface area contributed by atoms with Crippen molar-refractivity contribution < 1.29 is 19.1 Å². The molecule has 0 saturated carbocycles. The molecule has 1 heterocycles. The molecule has 0 aliphatic rings. The predicted octanol–water partition coefficient (Wildman–Crippen LogP) is 4.09. The Balaban J connectivity index is 1.69. The van der Waals surface area contributed by atoms with Gasteiger partial charge in [-0.1, -0.05) is 11.6 Å². The lowest BCUT2D eigenvalue weighted by Crippen LogP contribution is -2.30. The number of rotatable bonds is 5. The molecule has 7 nitrogen and oxygen atoms in total. The van der Waals surface area contributed by atoms with Gasteiger partial charge in [0.2, 0.25) is 0 Å². The predicted molar refractivity (Wildman–Crippen MR) is 111 cm³/mol. The van der Waals surface area contributed by atoms with Gasteiger partial charge >= 0.3 is 5.97 Å². The van der Waals surface area contributed by atoms with Crippen molar-refractivity contribution >= 4 is 40.2 Å². The maximum absolute atomic E-state index is 12.5. The average Bonchev–Trinajstić information content (AvgIpc) is 2.68. The van der Waals surface area contributed by atoms with Crippen LogP contribution in [0.25, 0.3) is 11.0 Å². The van der Waals surface area contributed by atoms with E-state index in [-0.39, 0.29) is 0 Å². The first-order chi connectivity index (χ1) is 13.8. The smallest absolute Gasteiger partial charge is 0.338 e. The molecule has 3 aromatic rings. The third-order valence-electron chi connectivity index (χ3n) is 4.38. The molecule has 150 valence electrons. The molecular weight excluding hydrogens is 394 g/mol. The lowest BCUT2D eigenvalue weighted by atomic mass is 10.2. The number of carbonyl (C=O) groups excluding carboxylic acids is 2. The molecule has 0 fully saturated rings. The van der Waals surface area contributed by atoms with Crippen molar-refractivity contribution in [2.45, 2.75) is 26.9 Å². The van der Waals surface area contributed by atoms with Gasteiger partial charge in [-0.05, 0) is 57.2 Å². The van der Waals surface area contributed by atoms with E-state index in [0.717, 1.165) is 11.4 Å². The van der Waals surface area contributed by atoms with Gasteiger partial charge in [0, 0.05) is 5.69 Å². The highest BCUT2D eigenvalue weighted by atomic mass is 35.5. The van der Waals surface area contributed by atoms with E-state index in [1.165, 1.54) is 14.0 Å². The Kier molecular flexibility index (Phi) is 5.98. The Morgan fingerprint density at radius 1 is 1.03 bits per heavy atom. The van der Waals surface area contributed by atoms with Gasteiger partial charge in [0.1, 0.15) is 5.75 Å². The number of aryl methyl sites for hydroxylation is 2. The zero-order valence-corrected chi connectivity index (χ0v) is 17.2. The Morgan fingerprint density at radius 3 is 2.38 bits per heavy atom. The van der Waals surface area contributed by atoms with E-state index in [4.69, 9.17) is 21.1 Å². The van der Waals surface area contributed by atoms with E-state index >= 15 is 0 Å². The third kappa shape index (κ3) is 4.63. The van der Waals surface area contributed by atoms with E-state index in [1.54, 1.807) is 36.4 Å². The maximum Gasteiger partial charge on any atom is 0.338 e. The summed E-state index contributed by atoms with van der Waals surface area (Å²) in [6.45, 7) is 5.22. The molecule has 2 aromatic carbocycles. The largest absolute Gasteiger partial charge is 0.495 e. The summed E-state index contributed by atoms with van der Waals surface area (Å²) in [7, 11) is 1.50. The number of methoxy groups -OCH3 is 1. The van der Waals surface area contributed by atoms with Crippen molar-refractivity contribution in [2.24, 2.45) is 0 Å². The quantitative estimate of drug-likeness (QED) is 0.633. The van der Waals surface area contributed by atoms with E-state index < -0.39 is 18.0 Å². The van der Waals surface area contributed by atoms with Gasteiger partial charge in [-0.2, -0.15) is 0 Å². The van der Waals surface area contributed by atoms with Gasteiger partial charge in [0.25, 0.3) is 5.91 Å². The zero-order chi connectivity index (χ0) is 21.1. The molecular formula is C21H20ClN3O4. The van der Waals surface area contributed by atoms with Crippen molar-refractivity contribution in [3.8, 4) is 5.75 Å². The molecule has 0 radical (unpaired) electrons. The van der Waals surface area contributed by atoms with Crippen LogP contribution in [0.4, 0.5) is 5.69 Å². The summed E-state index contributed by atoms with van der Waals surface area (Å²) >= 11 is 6.05. The molecule has 0 bridgehead atoms. The Hall–Kier alpha value is -3.19. The number of esters is 1. The summed E-state index contributed by atoms with van der Waals surface area (Å²) in [5.74, 6) is -0.608. The van der Waals surface area contributed by atoms with Crippen molar-refractivity contribution in [2.75, 3.05) is 12.4 Å². The molecule has 0 saturated heterocycles.